The Kier molecular flexibility index (Phi) is 6.91. The van der Waals surface area contributed by atoms with Crippen molar-refractivity contribution in [3.8, 4) is 17.0 Å². The zero-order chi connectivity index (χ0) is 24.0. The highest BCUT2D eigenvalue weighted by molar-refractivity contribution is 7.15. The van der Waals surface area contributed by atoms with E-state index in [-0.39, 0.29) is 5.91 Å². The van der Waals surface area contributed by atoms with Gasteiger partial charge < -0.3 is 9.64 Å². The van der Waals surface area contributed by atoms with Gasteiger partial charge in [0, 0.05) is 35.9 Å². The van der Waals surface area contributed by atoms with E-state index in [4.69, 9.17) is 9.72 Å². The van der Waals surface area contributed by atoms with Crippen LogP contribution in [0.4, 0.5) is 0 Å². The molecule has 0 atom stereocenters. The number of benzene rings is 3. The molecule has 0 aliphatic carbocycles. The third kappa shape index (κ3) is 5.44. The normalized spacial score (nSPS) is 11.0. The number of thiazole rings is 1. The van der Waals surface area contributed by atoms with Gasteiger partial charge >= 0.3 is 0 Å². The van der Waals surface area contributed by atoms with E-state index in [2.05, 4.69) is 24.3 Å². The number of fused-ring (bicyclic) bond motifs is 1. The molecule has 0 saturated carbocycles. The molecule has 5 aromatic rings. The molecule has 0 aliphatic heterocycles. The lowest BCUT2D eigenvalue weighted by Gasteiger charge is -2.23. The highest BCUT2D eigenvalue weighted by Crippen LogP contribution is 2.26. The second-order valence-corrected chi connectivity index (χ2v) is 9.28. The van der Waals surface area contributed by atoms with Crippen LogP contribution in [0, 0.1) is 0 Å². The molecule has 2 aromatic heterocycles. The van der Waals surface area contributed by atoms with E-state index < -0.39 is 0 Å². The molecular formula is C29H27N3O2S. The second-order valence-electron chi connectivity index (χ2n) is 8.45. The number of hydrogen-bond acceptors (Lipinski definition) is 4. The molecule has 176 valence electrons. The van der Waals surface area contributed by atoms with E-state index in [0.717, 1.165) is 39.6 Å². The number of aromatic nitrogens is 2. The van der Waals surface area contributed by atoms with E-state index >= 15 is 0 Å². The molecule has 0 saturated heterocycles. The summed E-state index contributed by atoms with van der Waals surface area (Å²) in [5, 5.41) is 2.04. The van der Waals surface area contributed by atoms with Gasteiger partial charge in [-0.25, -0.2) is 4.98 Å². The first kappa shape index (κ1) is 22.9. The Hall–Kier alpha value is -3.90. The molecule has 0 unspecified atom stereocenters. The van der Waals surface area contributed by atoms with Crippen molar-refractivity contribution < 1.29 is 9.53 Å². The van der Waals surface area contributed by atoms with Crippen molar-refractivity contribution >= 4 is 22.2 Å². The largest absolute Gasteiger partial charge is 0.497 e. The molecule has 5 nitrogen and oxygen atoms in total. The lowest BCUT2D eigenvalue weighted by atomic mass is 10.1. The van der Waals surface area contributed by atoms with Crippen molar-refractivity contribution in [2.75, 3.05) is 13.7 Å². The average molecular weight is 482 g/mol. The van der Waals surface area contributed by atoms with Crippen molar-refractivity contribution in [1.82, 2.24) is 14.3 Å². The maximum Gasteiger partial charge on any atom is 0.228 e. The summed E-state index contributed by atoms with van der Waals surface area (Å²) in [4.78, 5) is 21.1. The number of carbonyl (C=O) groups is 1. The van der Waals surface area contributed by atoms with Crippen LogP contribution in [-0.4, -0.2) is 33.8 Å². The number of rotatable bonds is 9. The number of carbonyl (C=O) groups excluding carboxylic acids is 1. The molecule has 0 N–H and O–H groups in total. The maximum atomic E-state index is 13.5. The quantitative estimate of drug-likeness (QED) is 0.264. The first-order valence-electron chi connectivity index (χ1n) is 11.6. The van der Waals surface area contributed by atoms with E-state index in [1.54, 1.807) is 18.4 Å². The van der Waals surface area contributed by atoms with Gasteiger partial charge in [0.1, 0.15) is 5.75 Å². The van der Waals surface area contributed by atoms with Gasteiger partial charge in [0.25, 0.3) is 0 Å². The molecule has 3 aromatic carbocycles. The number of amides is 1. The predicted molar refractivity (Wildman–Crippen MR) is 141 cm³/mol. The predicted octanol–water partition coefficient (Wildman–Crippen LogP) is 5.89. The maximum absolute atomic E-state index is 13.5. The molecule has 5 rings (SSSR count). The molecule has 35 heavy (non-hydrogen) atoms. The van der Waals surface area contributed by atoms with Crippen molar-refractivity contribution in [1.29, 1.82) is 0 Å². The SMILES string of the molecule is COc1ccc(-c2cn3c(CC(=O)N(CCc4ccccc4)Cc4ccccc4)csc3n2)cc1. The van der Waals surface area contributed by atoms with Gasteiger partial charge in [-0.2, -0.15) is 0 Å². The molecule has 0 radical (unpaired) electrons. The van der Waals surface area contributed by atoms with Crippen molar-refractivity contribution in [3.05, 3.63) is 113 Å². The Morgan fingerprint density at radius 2 is 1.63 bits per heavy atom. The van der Waals surface area contributed by atoms with Crippen LogP contribution >= 0.6 is 11.3 Å². The monoisotopic (exact) mass is 481 g/mol. The zero-order valence-electron chi connectivity index (χ0n) is 19.6. The Morgan fingerprint density at radius 1 is 0.943 bits per heavy atom. The van der Waals surface area contributed by atoms with Gasteiger partial charge in [-0.3, -0.25) is 9.20 Å². The van der Waals surface area contributed by atoms with E-state index in [9.17, 15) is 4.79 Å². The third-order valence-corrected chi connectivity index (χ3v) is 6.97. The minimum absolute atomic E-state index is 0.115. The Bertz CT molecular complexity index is 1390. The lowest BCUT2D eigenvalue weighted by Crippen LogP contribution is -2.34. The third-order valence-electron chi connectivity index (χ3n) is 6.08. The van der Waals surface area contributed by atoms with Crippen molar-refractivity contribution in [2.24, 2.45) is 0 Å². The molecule has 6 heteroatoms. The van der Waals surface area contributed by atoms with Crippen molar-refractivity contribution in [3.63, 3.8) is 0 Å². The highest BCUT2D eigenvalue weighted by atomic mass is 32.1. The Morgan fingerprint density at radius 3 is 2.31 bits per heavy atom. The second kappa shape index (κ2) is 10.6. The molecule has 0 aliphatic rings. The van der Waals surface area contributed by atoms with Gasteiger partial charge in [-0.1, -0.05) is 60.7 Å². The van der Waals surface area contributed by atoms with Gasteiger partial charge in [-0.05, 0) is 41.8 Å². The summed E-state index contributed by atoms with van der Waals surface area (Å²) >= 11 is 1.56. The highest BCUT2D eigenvalue weighted by Gasteiger charge is 2.18. The fraction of sp³-hybridized carbons (Fsp3) is 0.172. The molecule has 0 bridgehead atoms. The van der Waals surface area contributed by atoms with Crippen LogP contribution in [0.3, 0.4) is 0 Å². The van der Waals surface area contributed by atoms with Crippen LogP contribution in [0.5, 0.6) is 5.75 Å². The van der Waals surface area contributed by atoms with Gasteiger partial charge in [0.15, 0.2) is 4.96 Å². The molecule has 0 spiro atoms. The summed E-state index contributed by atoms with van der Waals surface area (Å²) in [5.74, 6) is 0.930. The van der Waals surface area contributed by atoms with Gasteiger partial charge in [-0.15, -0.1) is 11.3 Å². The summed E-state index contributed by atoms with van der Waals surface area (Å²) in [7, 11) is 1.66. The summed E-state index contributed by atoms with van der Waals surface area (Å²) in [5.41, 5.74) is 5.23. The van der Waals surface area contributed by atoms with Crippen LogP contribution < -0.4 is 4.74 Å². The van der Waals surface area contributed by atoms with Gasteiger partial charge in [0.2, 0.25) is 5.91 Å². The fourth-order valence-electron chi connectivity index (χ4n) is 4.13. The first-order chi connectivity index (χ1) is 17.2. The summed E-state index contributed by atoms with van der Waals surface area (Å²) in [6.45, 7) is 1.27. The van der Waals surface area contributed by atoms with Crippen LogP contribution in [0.25, 0.3) is 16.2 Å². The van der Waals surface area contributed by atoms with E-state index in [1.165, 1.54) is 5.56 Å². The average Bonchev–Trinajstić information content (AvgIpc) is 3.49. The number of methoxy groups -OCH3 is 1. The molecule has 0 fully saturated rings. The molecular weight excluding hydrogens is 454 g/mol. The summed E-state index contributed by atoms with van der Waals surface area (Å²) in [6.07, 6.45) is 3.17. The standard InChI is InChI=1S/C29H27N3O2S/c1-34-26-14-12-24(13-15-26)27-20-32-25(21-35-29(32)30-27)18-28(33)31(19-23-10-6-3-7-11-23)17-16-22-8-4-2-5-9-22/h2-15,20-21H,16-19H2,1H3. The zero-order valence-corrected chi connectivity index (χ0v) is 20.4. The van der Waals surface area contributed by atoms with Gasteiger partial charge in [0.05, 0.1) is 19.2 Å². The van der Waals surface area contributed by atoms with Crippen LogP contribution in [0.2, 0.25) is 0 Å². The number of imidazole rings is 1. The van der Waals surface area contributed by atoms with E-state index in [0.29, 0.717) is 19.5 Å². The van der Waals surface area contributed by atoms with Crippen LogP contribution in [0.1, 0.15) is 16.8 Å². The Labute approximate surface area is 209 Å². The van der Waals surface area contributed by atoms with E-state index in [1.807, 2.05) is 81.5 Å². The minimum atomic E-state index is 0.115. The minimum Gasteiger partial charge on any atom is -0.497 e. The molecule has 1 amide bonds. The number of ether oxygens (including phenoxy) is 1. The Balaban J connectivity index is 1.35. The topological polar surface area (TPSA) is 46.8 Å². The summed E-state index contributed by atoms with van der Waals surface area (Å²) < 4.78 is 7.30. The molecule has 2 heterocycles. The smallest absolute Gasteiger partial charge is 0.228 e. The first-order valence-corrected chi connectivity index (χ1v) is 12.5. The van der Waals surface area contributed by atoms with Crippen LogP contribution in [0.15, 0.2) is 96.5 Å². The van der Waals surface area contributed by atoms with Crippen LogP contribution in [-0.2, 0) is 24.2 Å². The fourth-order valence-corrected chi connectivity index (χ4v) is 5.00. The number of nitrogens with zero attached hydrogens (tertiary/aromatic N) is 3. The van der Waals surface area contributed by atoms with Crippen molar-refractivity contribution in [2.45, 2.75) is 19.4 Å². The summed E-state index contributed by atoms with van der Waals surface area (Å²) in [6, 6.07) is 28.4. The number of hydrogen-bond donors (Lipinski definition) is 0. The lowest BCUT2D eigenvalue weighted by molar-refractivity contribution is -0.131.